The molecule has 1 aliphatic rings. The fourth-order valence-electron chi connectivity index (χ4n) is 11.0. The Hall–Kier alpha value is -8.46. The maximum atomic E-state index is 2.53. The van der Waals surface area contributed by atoms with Crippen molar-refractivity contribution in [2.45, 2.75) is 0 Å². The van der Waals surface area contributed by atoms with Crippen molar-refractivity contribution in [1.29, 1.82) is 0 Å². The van der Waals surface area contributed by atoms with Gasteiger partial charge >= 0.3 is 0 Å². The summed E-state index contributed by atoms with van der Waals surface area (Å²) < 4.78 is 4.93. The third-order valence-electron chi connectivity index (χ3n) is 13.9. The molecule has 0 radical (unpaired) electrons. The first kappa shape index (κ1) is 35.2. The number of hydrogen-bond donors (Lipinski definition) is 0. The molecule has 2 heteroatoms. The van der Waals surface area contributed by atoms with Crippen molar-refractivity contribution in [3.63, 3.8) is 0 Å². The summed E-state index contributed by atoms with van der Waals surface area (Å²) in [6.07, 6.45) is 0. The Balaban J connectivity index is 0.971. The summed E-state index contributed by atoms with van der Waals surface area (Å²) in [4.78, 5) is 0. The molecule has 0 saturated carbocycles. The van der Waals surface area contributed by atoms with E-state index < -0.39 is 0 Å². The lowest BCUT2D eigenvalue weighted by Crippen LogP contribution is -1.98. The van der Waals surface area contributed by atoms with Crippen LogP contribution in [0.25, 0.3) is 132 Å². The number of nitrogens with zero attached hydrogens (tertiary/aromatic N) is 2. The van der Waals surface area contributed by atoms with Crippen LogP contribution in [0, 0.1) is 0 Å². The smallest absolute Gasteiger partial charge is 0.0619 e. The molecule has 14 rings (SSSR count). The molecule has 0 spiro atoms. The van der Waals surface area contributed by atoms with Crippen molar-refractivity contribution >= 4 is 65.2 Å². The maximum Gasteiger partial charge on any atom is 0.0619 e. The zero-order chi connectivity index (χ0) is 41.9. The normalized spacial score (nSPS) is 12.1. The van der Waals surface area contributed by atoms with E-state index in [1.54, 1.807) is 0 Å². The topological polar surface area (TPSA) is 9.86 Å². The summed E-state index contributed by atoms with van der Waals surface area (Å²) in [7, 11) is 0. The summed E-state index contributed by atoms with van der Waals surface area (Å²) in [5.74, 6) is 0. The fraction of sp³-hybridized carbons (Fsp3) is 0. The van der Waals surface area contributed by atoms with Gasteiger partial charge in [-0.25, -0.2) is 0 Å². The quantitative estimate of drug-likeness (QED) is 0.164. The number of rotatable bonds is 5. The van der Waals surface area contributed by atoms with Crippen molar-refractivity contribution in [2.24, 2.45) is 0 Å². The molecular weight excluding hydrogens is 773 g/mol. The van der Waals surface area contributed by atoms with Crippen LogP contribution in [0.5, 0.6) is 0 Å². The zero-order valence-electron chi connectivity index (χ0n) is 34.8. The highest BCUT2D eigenvalue weighted by Gasteiger charge is 2.24. The molecule has 0 unspecified atom stereocenters. The van der Waals surface area contributed by atoms with Crippen LogP contribution < -0.4 is 0 Å². The van der Waals surface area contributed by atoms with Crippen LogP contribution in [0.3, 0.4) is 0 Å². The summed E-state index contributed by atoms with van der Waals surface area (Å²) in [5.41, 5.74) is 19.6. The largest absolute Gasteiger partial charge is 0.309 e. The highest BCUT2D eigenvalue weighted by Crippen LogP contribution is 2.49. The highest BCUT2D eigenvalue weighted by molar-refractivity contribution is 6.20. The Morgan fingerprint density at radius 3 is 1.72 bits per heavy atom. The van der Waals surface area contributed by atoms with E-state index in [-0.39, 0.29) is 0 Å². The lowest BCUT2D eigenvalue weighted by Gasteiger charge is -2.18. The number of fused-ring (bicyclic) bond motifs is 11. The molecule has 64 heavy (non-hydrogen) atoms. The van der Waals surface area contributed by atoms with Crippen LogP contribution in [0.1, 0.15) is 0 Å². The van der Waals surface area contributed by atoms with Crippen molar-refractivity contribution in [3.8, 4) is 67.0 Å². The summed E-state index contributed by atoms with van der Waals surface area (Å²) in [6.45, 7) is 0. The van der Waals surface area contributed by atoms with Gasteiger partial charge in [-0.1, -0.05) is 182 Å². The molecule has 296 valence electrons. The Kier molecular flexibility index (Phi) is 7.43. The Morgan fingerprint density at radius 2 is 0.844 bits per heavy atom. The van der Waals surface area contributed by atoms with Gasteiger partial charge in [-0.05, 0) is 115 Å². The molecule has 2 aromatic heterocycles. The molecule has 0 saturated heterocycles. The zero-order valence-corrected chi connectivity index (χ0v) is 34.8. The van der Waals surface area contributed by atoms with Gasteiger partial charge in [0.1, 0.15) is 0 Å². The van der Waals surface area contributed by atoms with Crippen LogP contribution in [-0.4, -0.2) is 9.13 Å². The predicted octanol–water partition coefficient (Wildman–Crippen LogP) is 16.8. The third kappa shape index (κ3) is 5.02. The van der Waals surface area contributed by atoms with Gasteiger partial charge < -0.3 is 9.13 Å². The van der Waals surface area contributed by atoms with Gasteiger partial charge in [0, 0.05) is 38.2 Å². The molecule has 0 bridgehead atoms. The molecule has 0 N–H and O–H groups in total. The van der Waals surface area contributed by atoms with Crippen molar-refractivity contribution in [2.75, 3.05) is 0 Å². The number of benzene rings is 11. The molecule has 0 amide bonds. The van der Waals surface area contributed by atoms with E-state index in [4.69, 9.17) is 0 Å². The second kappa shape index (κ2) is 13.5. The fourth-order valence-corrected chi connectivity index (χ4v) is 11.0. The average Bonchev–Trinajstić information content (AvgIpc) is 4.00. The molecule has 11 aromatic carbocycles. The summed E-state index contributed by atoms with van der Waals surface area (Å²) in [5, 5.41) is 10.1. The molecule has 2 heterocycles. The van der Waals surface area contributed by atoms with Crippen LogP contribution >= 0.6 is 0 Å². The van der Waals surface area contributed by atoms with Crippen LogP contribution in [0.15, 0.2) is 231 Å². The number of para-hydroxylation sites is 3. The van der Waals surface area contributed by atoms with Crippen LogP contribution in [-0.2, 0) is 0 Å². The van der Waals surface area contributed by atoms with Crippen molar-refractivity contribution < 1.29 is 0 Å². The van der Waals surface area contributed by atoms with Crippen LogP contribution in [0.2, 0.25) is 0 Å². The predicted molar refractivity (Wildman–Crippen MR) is 271 cm³/mol. The number of aromatic nitrogens is 2. The van der Waals surface area contributed by atoms with E-state index in [2.05, 4.69) is 240 Å². The summed E-state index contributed by atoms with van der Waals surface area (Å²) in [6, 6.07) is 85.3. The molecule has 13 aromatic rings. The molecule has 0 fully saturated rings. The van der Waals surface area contributed by atoms with Gasteiger partial charge in [-0.3, -0.25) is 0 Å². The van der Waals surface area contributed by atoms with E-state index in [1.807, 2.05) is 0 Å². The average molecular weight is 811 g/mol. The first-order valence-electron chi connectivity index (χ1n) is 22.2. The van der Waals surface area contributed by atoms with Crippen molar-refractivity contribution in [3.05, 3.63) is 231 Å². The summed E-state index contributed by atoms with van der Waals surface area (Å²) >= 11 is 0. The third-order valence-corrected chi connectivity index (χ3v) is 13.9. The molecule has 0 aliphatic heterocycles. The van der Waals surface area contributed by atoms with E-state index >= 15 is 0 Å². The van der Waals surface area contributed by atoms with E-state index in [0.717, 1.165) is 11.4 Å². The van der Waals surface area contributed by atoms with E-state index in [9.17, 15) is 0 Å². The Labute approximate surface area is 370 Å². The number of hydrogen-bond acceptors (Lipinski definition) is 0. The first-order valence-corrected chi connectivity index (χ1v) is 22.2. The highest BCUT2D eigenvalue weighted by atomic mass is 15.0. The minimum Gasteiger partial charge on any atom is -0.309 e. The monoisotopic (exact) mass is 810 g/mol. The van der Waals surface area contributed by atoms with Gasteiger partial charge in [0.15, 0.2) is 0 Å². The second-order valence-electron chi connectivity index (χ2n) is 17.2. The second-order valence-corrected chi connectivity index (χ2v) is 17.2. The SMILES string of the molecule is c1ccc(-n2c3ccccc3c3ccc(-c4ccc5c(c4)c4ccc6ccccc6c4n5-c4ccccc4-c4ccccc4-c4ccc5c(c4)-c4cccc6cccc-5c46)cc32)cc1. The minimum atomic E-state index is 1.16. The minimum absolute atomic E-state index is 1.16. The first-order chi connectivity index (χ1) is 31.8. The standard InChI is InChI=1S/C62H38N2/c1-2-17-44(18-3-1)63-57-26-10-9-23-50(57)51-33-29-42(38-60(51)63)41-31-35-59-56(36-41)54-34-28-39-14-4-5-20-46(39)62(54)64(59)58-27-11-8-22-49(58)47-21-7-6-19-45(47)43-30-32-48-52-24-12-15-40-16-13-25-53(61(40)52)55(48)37-43/h1-38H. The Bertz CT molecular complexity index is 4060. The Morgan fingerprint density at radius 1 is 0.250 bits per heavy atom. The lowest BCUT2D eigenvalue weighted by atomic mass is 9.91. The van der Waals surface area contributed by atoms with Crippen molar-refractivity contribution in [1.82, 2.24) is 9.13 Å². The van der Waals surface area contributed by atoms with Gasteiger partial charge in [0.05, 0.1) is 27.8 Å². The maximum absolute atomic E-state index is 2.53. The van der Waals surface area contributed by atoms with Gasteiger partial charge in [0.25, 0.3) is 0 Å². The molecule has 1 aliphatic carbocycles. The van der Waals surface area contributed by atoms with Gasteiger partial charge in [-0.2, -0.15) is 0 Å². The molecule has 2 nitrogen and oxygen atoms in total. The van der Waals surface area contributed by atoms with Gasteiger partial charge in [-0.15, -0.1) is 0 Å². The van der Waals surface area contributed by atoms with Gasteiger partial charge in [0.2, 0.25) is 0 Å². The van der Waals surface area contributed by atoms with E-state index in [1.165, 1.54) is 121 Å². The van der Waals surface area contributed by atoms with E-state index in [0.29, 0.717) is 0 Å². The molecule has 0 atom stereocenters. The molecular formula is C62H38N2. The lowest BCUT2D eigenvalue weighted by molar-refractivity contribution is 1.18. The van der Waals surface area contributed by atoms with Crippen LogP contribution in [0.4, 0.5) is 0 Å².